The number of nitrogens with zero attached hydrogens (tertiary/aromatic N) is 3. The second-order valence-electron chi connectivity index (χ2n) is 10.7. The Hall–Kier alpha value is -3.41. The number of carbonyl (C=O) groups is 1. The first-order valence-corrected chi connectivity index (χ1v) is 15.3. The largest absolute Gasteiger partial charge is 0.355 e. The van der Waals surface area contributed by atoms with Crippen molar-refractivity contribution >= 4 is 28.1 Å². The summed E-state index contributed by atoms with van der Waals surface area (Å²) in [6.45, 7) is 4.64. The van der Waals surface area contributed by atoms with Crippen LogP contribution in [0.2, 0.25) is 0 Å². The number of hydrogen-bond acceptors (Lipinski definition) is 6. The number of carbonyl (C=O) groups excluding carboxylic acids is 1. The summed E-state index contributed by atoms with van der Waals surface area (Å²) in [5.41, 5.74) is 1.54. The first-order valence-electron chi connectivity index (χ1n) is 13.9. The van der Waals surface area contributed by atoms with E-state index in [0.29, 0.717) is 12.8 Å². The molecule has 1 N–H and O–H groups in total. The lowest BCUT2D eigenvalue weighted by Gasteiger charge is -2.34. The van der Waals surface area contributed by atoms with Crippen molar-refractivity contribution in [2.24, 2.45) is 5.92 Å². The Labute approximate surface area is 239 Å². The van der Waals surface area contributed by atoms with Gasteiger partial charge in [0.25, 0.3) is 0 Å². The summed E-state index contributed by atoms with van der Waals surface area (Å²) < 4.78 is 60.9. The predicted octanol–water partition coefficient (Wildman–Crippen LogP) is 4.61. The molecule has 2 saturated heterocycles. The van der Waals surface area contributed by atoms with Crippen LogP contribution in [0.5, 0.6) is 0 Å². The van der Waals surface area contributed by atoms with Crippen molar-refractivity contribution < 1.29 is 26.5 Å². The number of amides is 1. The molecule has 2 aliphatic rings. The van der Waals surface area contributed by atoms with Crippen LogP contribution in [0.4, 0.5) is 8.78 Å². The Bertz CT molecular complexity index is 1490. The third-order valence-corrected chi connectivity index (χ3v) is 9.87. The highest BCUT2D eigenvalue weighted by atomic mass is 32.2. The SMILES string of the molecule is Cc1noc(/C=C/c2ccc(F)cc2F)c1S(=O)(=O)N1CCC(C(=O)NC2CCN(Cc3ccccc3)CC2)CC1. The molecule has 2 aliphatic heterocycles. The fourth-order valence-corrected chi connectivity index (χ4v) is 7.20. The van der Waals surface area contributed by atoms with Crippen molar-refractivity contribution in [3.8, 4) is 0 Å². The summed E-state index contributed by atoms with van der Waals surface area (Å²) in [6.07, 6.45) is 5.22. The van der Waals surface area contributed by atoms with E-state index in [-0.39, 0.29) is 52.9 Å². The molecule has 0 saturated carbocycles. The number of rotatable bonds is 8. The minimum absolute atomic E-state index is 0.0188. The molecular formula is C30H34F2N4O4S. The second-order valence-corrected chi connectivity index (χ2v) is 12.6. The lowest BCUT2D eigenvalue weighted by atomic mass is 9.95. The second kappa shape index (κ2) is 12.6. The molecule has 3 heterocycles. The molecule has 0 radical (unpaired) electrons. The maximum absolute atomic E-state index is 14.0. The van der Waals surface area contributed by atoms with Crippen LogP contribution in [0.15, 0.2) is 57.9 Å². The summed E-state index contributed by atoms with van der Waals surface area (Å²) in [7, 11) is -3.97. The molecule has 41 heavy (non-hydrogen) atoms. The van der Waals surface area contributed by atoms with Gasteiger partial charge < -0.3 is 9.84 Å². The van der Waals surface area contributed by atoms with Crippen LogP contribution >= 0.6 is 0 Å². The molecule has 3 aromatic rings. The average molecular weight is 585 g/mol. The van der Waals surface area contributed by atoms with Gasteiger partial charge in [0.15, 0.2) is 10.7 Å². The number of benzene rings is 2. The average Bonchev–Trinajstić information content (AvgIpc) is 3.35. The number of likely N-dealkylation sites (tertiary alicyclic amines) is 1. The zero-order valence-electron chi connectivity index (χ0n) is 22.9. The molecule has 0 atom stereocenters. The minimum atomic E-state index is -3.97. The zero-order valence-corrected chi connectivity index (χ0v) is 23.7. The molecule has 8 nitrogen and oxygen atoms in total. The van der Waals surface area contributed by atoms with Gasteiger partial charge in [-0.15, -0.1) is 0 Å². The Balaban J connectivity index is 1.15. The van der Waals surface area contributed by atoms with Crippen molar-refractivity contribution in [2.75, 3.05) is 26.2 Å². The van der Waals surface area contributed by atoms with Crippen molar-refractivity contribution in [3.63, 3.8) is 0 Å². The van der Waals surface area contributed by atoms with Gasteiger partial charge in [-0.05, 0) is 62.5 Å². The molecule has 1 aromatic heterocycles. The molecule has 0 unspecified atom stereocenters. The topological polar surface area (TPSA) is 95.8 Å². The summed E-state index contributed by atoms with van der Waals surface area (Å²) in [4.78, 5) is 15.3. The number of halogens is 2. The van der Waals surface area contributed by atoms with Crippen LogP contribution in [0.1, 0.15) is 48.3 Å². The van der Waals surface area contributed by atoms with E-state index < -0.39 is 21.7 Å². The van der Waals surface area contributed by atoms with E-state index in [4.69, 9.17) is 4.52 Å². The van der Waals surface area contributed by atoms with Crippen LogP contribution in [-0.2, 0) is 21.4 Å². The number of sulfonamides is 1. The smallest absolute Gasteiger partial charge is 0.248 e. The van der Waals surface area contributed by atoms with Gasteiger partial charge in [0.2, 0.25) is 15.9 Å². The molecule has 1 amide bonds. The third-order valence-electron chi connectivity index (χ3n) is 7.82. The van der Waals surface area contributed by atoms with E-state index in [2.05, 4.69) is 27.5 Å². The van der Waals surface area contributed by atoms with E-state index >= 15 is 0 Å². The summed E-state index contributed by atoms with van der Waals surface area (Å²) >= 11 is 0. The fraction of sp³-hybridized carbons (Fsp3) is 0.400. The van der Waals surface area contributed by atoms with Gasteiger partial charge >= 0.3 is 0 Å². The van der Waals surface area contributed by atoms with Crippen molar-refractivity contribution in [1.29, 1.82) is 0 Å². The first kappa shape index (κ1) is 29.1. The normalized spacial score (nSPS) is 18.2. The maximum Gasteiger partial charge on any atom is 0.248 e. The number of aromatic nitrogens is 1. The van der Waals surface area contributed by atoms with Gasteiger partial charge in [-0.1, -0.05) is 35.5 Å². The summed E-state index contributed by atoms with van der Waals surface area (Å²) in [5, 5.41) is 7.00. The highest BCUT2D eigenvalue weighted by Gasteiger charge is 2.36. The van der Waals surface area contributed by atoms with Crippen LogP contribution in [0.25, 0.3) is 12.2 Å². The maximum atomic E-state index is 14.0. The van der Waals surface area contributed by atoms with Gasteiger partial charge in [-0.2, -0.15) is 4.31 Å². The third kappa shape index (κ3) is 6.91. The lowest BCUT2D eigenvalue weighted by Crippen LogP contribution is -2.48. The Morgan fingerprint density at radius 1 is 1.02 bits per heavy atom. The Morgan fingerprint density at radius 3 is 2.41 bits per heavy atom. The van der Waals surface area contributed by atoms with E-state index in [0.717, 1.165) is 44.6 Å². The molecule has 11 heteroatoms. The van der Waals surface area contributed by atoms with Gasteiger partial charge in [0, 0.05) is 56.3 Å². The van der Waals surface area contributed by atoms with Gasteiger partial charge in [-0.3, -0.25) is 9.69 Å². The quantitative estimate of drug-likeness (QED) is 0.416. The van der Waals surface area contributed by atoms with Gasteiger partial charge in [-0.25, -0.2) is 17.2 Å². The summed E-state index contributed by atoms with van der Waals surface area (Å²) in [6, 6.07) is 13.6. The predicted molar refractivity (Wildman–Crippen MR) is 151 cm³/mol. The summed E-state index contributed by atoms with van der Waals surface area (Å²) in [5.74, 6) is -1.80. The van der Waals surface area contributed by atoms with Crippen LogP contribution in [0, 0.1) is 24.5 Å². The number of piperidine rings is 2. The monoisotopic (exact) mass is 584 g/mol. The molecule has 0 spiro atoms. The standard InChI is InChI=1S/C30H34F2N4O4S/c1-21-29(28(40-34-21)10-8-23-7-9-25(31)19-27(23)32)41(38,39)36-17-11-24(12-18-36)30(37)33-26-13-15-35(16-14-26)20-22-5-3-2-4-6-22/h2-10,19,24,26H,11-18,20H2,1H3,(H,33,37)/b10-8+. The lowest BCUT2D eigenvalue weighted by molar-refractivity contribution is -0.127. The van der Waals surface area contributed by atoms with E-state index in [1.807, 2.05) is 18.2 Å². The number of aryl methyl sites for hydroxylation is 1. The zero-order chi connectivity index (χ0) is 29.0. The molecule has 2 aromatic carbocycles. The minimum Gasteiger partial charge on any atom is -0.355 e. The molecule has 0 bridgehead atoms. The Kier molecular flexibility index (Phi) is 8.96. The van der Waals surface area contributed by atoms with Crippen LogP contribution in [0.3, 0.4) is 0 Å². The van der Waals surface area contributed by atoms with E-state index in [9.17, 15) is 22.0 Å². The molecular weight excluding hydrogens is 550 g/mol. The van der Waals surface area contributed by atoms with Gasteiger partial charge in [0.05, 0.1) is 0 Å². The van der Waals surface area contributed by atoms with Crippen molar-refractivity contribution in [2.45, 2.75) is 50.1 Å². The van der Waals surface area contributed by atoms with Crippen LogP contribution in [-0.4, -0.2) is 60.9 Å². The number of hydrogen-bond donors (Lipinski definition) is 1. The van der Waals surface area contributed by atoms with E-state index in [1.54, 1.807) is 0 Å². The fourth-order valence-electron chi connectivity index (χ4n) is 5.48. The molecule has 0 aliphatic carbocycles. The molecule has 2 fully saturated rings. The highest BCUT2D eigenvalue weighted by molar-refractivity contribution is 7.89. The van der Waals surface area contributed by atoms with Crippen molar-refractivity contribution in [3.05, 3.63) is 82.7 Å². The van der Waals surface area contributed by atoms with Crippen molar-refractivity contribution in [1.82, 2.24) is 19.7 Å². The van der Waals surface area contributed by atoms with Gasteiger partial charge in [0.1, 0.15) is 17.3 Å². The van der Waals surface area contributed by atoms with E-state index in [1.165, 1.54) is 35.0 Å². The number of nitrogens with one attached hydrogen (secondary N) is 1. The highest BCUT2D eigenvalue weighted by Crippen LogP contribution is 2.30. The molecule has 218 valence electrons. The molecule has 5 rings (SSSR count). The Morgan fingerprint density at radius 2 is 1.73 bits per heavy atom. The van der Waals surface area contributed by atoms with Crippen LogP contribution < -0.4 is 5.32 Å². The first-order chi connectivity index (χ1) is 19.7.